The highest BCUT2D eigenvalue weighted by Gasteiger charge is 2.11. The van der Waals surface area contributed by atoms with Gasteiger partial charge in [0, 0.05) is 6.04 Å². The molecule has 1 rings (SSSR count). The molecule has 0 aliphatic carbocycles. The Bertz CT molecular complexity index is 387. The first-order valence-corrected chi connectivity index (χ1v) is 7.38. The molecule has 0 aliphatic heterocycles. The van der Waals surface area contributed by atoms with Gasteiger partial charge in [0.1, 0.15) is 11.4 Å². The number of hydrogen-bond donors (Lipinski definition) is 1. The Labute approximate surface area is 125 Å². The monoisotopic (exact) mass is 277 g/mol. The number of hydrogen-bond acceptors (Lipinski definition) is 2. The van der Waals surface area contributed by atoms with Gasteiger partial charge in [-0.25, -0.2) is 0 Å². The first kappa shape index (κ1) is 18.7. The maximum Gasteiger partial charge on any atom is 0.120 e. The third kappa shape index (κ3) is 8.76. The van der Waals surface area contributed by atoms with Crippen molar-refractivity contribution in [2.75, 3.05) is 0 Å². The second-order valence-electron chi connectivity index (χ2n) is 6.22. The van der Waals surface area contributed by atoms with Crippen LogP contribution in [0.3, 0.4) is 0 Å². The summed E-state index contributed by atoms with van der Waals surface area (Å²) in [5, 5.41) is 0. The van der Waals surface area contributed by atoms with Crippen LogP contribution in [0.4, 0.5) is 0 Å². The lowest BCUT2D eigenvalue weighted by molar-refractivity contribution is 0.131. The summed E-state index contributed by atoms with van der Waals surface area (Å²) in [6, 6.07) is 8.13. The average Bonchev–Trinajstić information content (AvgIpc) is 2.30. The zero-order valence-electron chi connectivity index (χ0n) is 14.0. The largest absolute Gasteiger partial charge is 0.488 e. The Morgan fingerprint density at radius 2 is 1.65 bits per heavy atom. The summed E-state index contributed by atoms with van der Waals surface area (Å²) in [5.74, 6) is 0.894. The van der Waals surface area contributed by atoms with Crippen LogP contribution in [-0.2, 0) is 6.42 Å². The highest BCUT2D eigenvalue weighted by Crippen LogP contribution is 2.19. The molecular formula is C18H31NO. The normalized spacial score (nSPS) is 12.2. The summed E-state index contributed by atoms with van der Waals surface area (Å²) < 4.78 is 5.76. The van der Waals surface area contributed by atoms with Gasteiger partial charge in [-0.1, -0.05) is 44.6 Å². The maximum absolute atomic E-state index is 5.96. The van der Waals surface area contributed by atoms with E-state index < -0.39 is 0 Å². The molecule has 0 aromatic heterocycles. The molecule has 0 spiro atoms. The van der Waals surface area contributed by atoms with Crippen molar-refractivity contribution in [2.45, 2.75) is 66.0 Å². The average molecular weight is 277 g/mol. The molecule has 114 valence electrons. The topological polar surface area (TPSA) is 35.2 Å². The second-order valence-corrected chi connectivity index (χ2v) is 6.22. The molecule has 0 fully saturated rings. The predicted octanol–water partition coefficient (Wildman–Crippen LogP) is 4.73. The summed E-state index contributed by atoms with van der Waals surface area (Å²) in [5.41, 5.74) is 8.02. The van der Waals surface area contributed by atoms with Gasteiger partial charge >= 0.3 is 0 Å². The smallest absolute Gasteiger partial charge is 0.120 e. The van der Waals surface area contributed by atoms with Gasteiger partial charge in [-0.15, -0.1) is 0 Å². The van der Waals surface area contributed by atoms with Gasteiger partial charge in [-0.3, -0.25) is 0 Å². The van der Waals surface area contributed by atoms with Crippen molar-refractivity contribution in [2.24, 2.45) is 5.73 Å². The van der Waals surface area contributed by atoms with Gasteiger partial charge in [-0.05, 0) is 51.8 Å². The van der Waals surface area contributed by atoms with E-state index in [1.165, 1.54) is 12.0 Å². The van der Waals surface area contributed by atoms with Gasteiger partial charge in [0.05, 0.1) is 0 Å². The van der Waals surface area contributed by atoms with E-state index in [2.05, 4.69) is 32.6 Å². The summed E-state index contributed by atoms with van der Waals surface area (Å²) in [6.07, 6.45) is 2.07. The Kier molecular flexibility index (Phi) is 8.24. The first-order chi connectivity index (χ1) is 9.19. The number of ether oxygens (including phenoxy) is 1. The molecule has 2 heteroatoms. The fraction of sp³-hybridized carbons (Fsp3) is 0.556. The minimum absolute atomic E-state index is 0.0318. The van der Waals surface area contributed by atoms with Crippen LogP contribution in [0.15, 0.2) is 36.4 Å². The van der Waals surface area contributed by atoms with Crippen LogP contribution in [0.5, 0.6) is 5.75 Å². The van der Waals surface area contributed by atoms with E-state index in [0.717, 1.165) is 17.7 Å². The van der Waals surface area contributed by atoms with Crippen molar-refractivity contribution >= 4 is 0 Å². The van der Waals surface area contributed by atoms with E-state index in [1.807, 2.05) is 39.8 Å². The lowest BCUT2D eigenvalue weighted by Gasteiger charge is -2.21. The van der Waals surface area contributed by atoms with Gasteiger partial charge < -0.3 is 10.5 Å². The molecule has 0 heterocycles. The molecule has 0 bridgehead atoms. The summed E-state index contributed by atoms with van der Waals surface area (Å²) >= 11 is 0. The Morgan fingerprint density at radius 3 is 2.00 bits per heavy atom. The molecule has 1 aromatic rings. The molecule has 0 saturated carbocycles. The molecule has 2 nitrogen and oxygen atoms in total. The standard InChI is InChI=1S/C15H23NO.C3H8/c1-11(2)14(16)10-12-6-8-13(9-7-12)17-15(3,4)5;1-3-2/h6-9,14H,1,10,16H2,2-5H3;3H2,1-2H3. The molecule has 1 atom stereocenters. The van der Waals surface area contributed by atoms with Crippen molar-refractivity contribution in [3.63, 3.8) is 0 Å². The van der Waals surface area contributed by atoms with E-state index in [4.69, 9.17) is 10.5 Å². The quantitative estimate of drug-likeness (QED) is 0.808. The fourth-order valence-electron chi connectivity index (χ4n) is 1.48. The SMILES string of the molecule is C=C(C)C(N)Cc1ccc(OC(C)(C)C)cc1.CCC. The van der Waals surface area contributed by atoms with E-state index in [9.17, 15) is 0 Å². The molecule has 20 heavy (non-hydrogen) atoms. The molecule has 0 saturated heterocycles. The number of benzene rings is 1. The zero-order valence-corrected chi connectivity index (χ0v) is 14.0. The molecule has 0 aliphatic rings. The van der Waals surface area contributed by atoms with Crippen molar-refractivity contribution < 1.29 is 4.74 Å². The van der Waals surface area contributed by atoms with Crippen LogP contribution in [0.2, 0.25) is 0 Å². The molecule has 1 unspecified atom stereocenters. The molecule has 0 radical (unpaired) electrons. The van der Waals surface area contributed by atoms with Crippen LogP contribution in [0, 0.1) is 0 Å². The van der Waals surface area contributed by atoms with Gasteiger partial charge in [0.15, 0.2) is 0 Å². The molecular weight excluding hydrogens is 246 g/mol. The van der Waals surface area contributed by atoms with Gasteiger partial charge in [-0.2, -0.15) is 0 Å². The summed E-state index contributed by atoms with van der Waals surface area (Å²) in [7, 11) is 0. The lowest BCUT2D eigenvalue weighted by atomic mass is 10.0. The zero-order chi connectivity index (χ0) is 15.8. The minimum Gasteiger partial charge on any atom is -0.488 e. The van der Waals surface area contributed by atoms with Crippen LogP contribution in [0.25, 0.3) is 0 Å². The van der Waals surface area contributed by atoms with E-state index >= 15 is 0 Å². The maximum atomic E-state index is 5.96. The molecule has 0 amide bonds. The van der Waals surface area contributed by atoms with E-state index in [-0.39, 0.29) is 11.6 Å². The van der Waals surface area contributed by atoms with E-state index in [1.54, 1.807) is 0 Å². The van der Waals surface area contributed by atoms with Crippen molar-refractivity contribution in [3.8, 4) is 5.75 Å². The summed E-state index contributed by atoms with van der Waals surface area (Å²) in [4.78, 5) is 0. The second kappa shape index (κ2) is 8.80. The Hall–Kier alpha value is -1.28. The highest BCUT2D eigenvalue weighted by molar-refractivity contribution is 5.29. The van der Waals surface area contributed by atoms with Crippen LogP contribution in [0.1, 0.15) is 53.5 Å². The van der Waals surface area contributed by atoms with Gasteiger partial charge in [0.25, 0.3) is 0 Å². The van der Waals surface area contributed by atoms with Crippen molar-refractivity contribution in [1.82, 2.24) is 0 Å². The number of nitrogens with two attached hydrogens (primary N) is 1. The first-order valence-electron chi connectivity index (χ1n) is 7.38. The van der Waals surface area contributed by atoms with Crippen LogP contribution in [-0.4, -0.2) is 11.6 Å². The minimum atomic E-state index is -0.157. The number of rotatable bonds is 4. The Morgan fingerprint density at radius 1 is 1.20 bits per heavy atom. The third-order valence-electron chi connectivity index (χ3n) is 2.44. The van der Waals surface area contributed by atoms with E-state index in [0.29, 0.717) is 0 Å². The third-order valence-corrected chi connectivity index (χ3v) is 2.44. The van der Waals surface area contributed by atoms with Crippen molar-refractivity contribution in [3.05, 3.63) is 42.0 Å². The predicted molar refractivity (Wildman–Crippen MR) is 89.3 cm³/mol. The molecule has 1 aromatic carbocycles. The fourth-order valence-corrected chi connectivity index (χ4v) is 1.48. The van der Waals surface area contributed by atoms with Gasteiger partial charge in [0.2, 0.25) is 0 Å². The summed E-state index contributed by atoms with van der Waals surface area (Å²) in [6.45, 7) is 16.2. The van der Waals surface area contributed by atoms with Crippen LogP contribution >= 0.6 is 0 Å². The lowest BCUT2D eigenvalue weighted by Crippen LogP contribution is -2.24. The van der Waals surface area contributed by atoms with Crippen LogP contribution < -0.4 is 10.5 Å². The highest BCUT2D eigenvalue weighted by atomic mass is 16.5. The Balaban J connectivity index is 0.00000110. The van der Waals surface area contributed by atoms with Crippen molar-refractivity contribution in [1.29, 1.82) is 0 Å². The molecule has 2 N–H and O–H groups in total.